The maximum absolute atomic E-state index is 12.3. The van der Waals surface area contributed by atoms with Crippen LogP contribution in [-0.4, -0.2) is 25.2 Å². The summed E-state index contributed by atoms with van der Waals surface area (Å²) in [4.78, 5) is 17.9. The maximum atomic E-state index is 12.3. The second-order valence-electron chi connectivity index (χ2n) is 6.69. The Morgan fingerprint density at radius 1 is 1.17 bits per heavy atom. The third-order valence-electron chi connectivity index (χ3n) is 3.75. The Hall–Kier alpha value is -2.56. The van der Waals surface area contributed by atoms with Crippen LogP contribution in [0.2, 0.25) is 0 Å². The molecule has 0 unspecified atom stereocenters. The first-order chi connectivity index (χ1) is 11.2. The molecule has 2 aromatic rings. The van der Waals surface area contributed by atoms with Crippen molar-refractivity contribution in [3.05, 3.63) is 47.5 Å². The average molecular weight is 328 g/mol. The molecule has 1 aromatic heterocycles. The second-order valence-corrected chi connectivity index (χ2v) is 6.69. The molecule has 0 N–H and O–H groups in total. The zero-order valence-corrected chi connectivity index (χ0v) is 15.1. The van der Waals surface area contributed by atoms with Crippen molar-refractivity contribution in [3.63, 3.8) is 0 Å². The van der Waals surface area contributed by atoms with Crippen molar-refractivity contribution in [3.8, 4) is 11.6 Å². The lowest BCUT2D eigenvalue weighted by Gasteiger charge is -2.22. The van der Waals surface area contributed by atoms with Crippen molar-refractivity contribution in [1.82, 2.24) is 4.98 Å². The summed E-state index contributed by atoms with van der Waals surface area (Å²) in [6, 6.07) is 10.9. The van der Waals surface area contributed by atoms with Crippen LogP contribution in [0.3, 0.4) is 0 Å². The number of rotatable bonds is 3. The summed E-state index contributed by atoms with van der Waals surface area (Å²) in [5.74, 6) is 1.42. The van der Waals surface area contributed by atoms with E-state index in [0.29, 0.717) is 17.4 Å². The largest absolute Gasteiger partial charge is 0.481 e. The fourth-order valence-electron chi connectivity index (χ4n) is 2.51. The molecule has 0 saturated heterocycles. The Balaban J connectivity index is 2.15. The van der Waals surface area contributed by atoms with Crippen LogP contribution in [0.1, 0.15) is 31.9 Å². The molecule has 0 aliphatic carbocycles. The van der Waals surface area contributed by atoms with Gasteiger partial charge in [-0.05, 0) is 41.7 Å². The van der Waals surface area contributed by atoms with Gasteiger partial charge in [-0.2, -0.15) is 4.98 Å². The summed E-state index contributed by atoms with van der Waals surface area (Å²) in [5, 5.41) is 0. The minimum atomic E-state index is -0.501. The van der Waals surface area contributed by atoms with Gasteiger partial charge in [-0.1, -0.05) is 32.9 Å². The van der Waals surface area contributed by atoms with E-state index in [9.17, 15) is 4.79 Å². The molecular formula is C19H24N2O3. The van der Waals surface area contributed by atoms with E-state index in [1.807, 2.05) is 25.1 Å². The third kappa shape index (κ3) is 4.04. The van der Waals surface area contributed by atoms with E-state index in [1.165, 1.54) is 17.6 Å². The highest BCUT2D eigenvalue weighted by molar-refractivity contribution is 5.87. The molecule has 0 aliphatic rings. The summed E-state index contributed by atoms with van der Waals surface area (Å²) in [6.45, 7) is 8.49. The topological polar surface area (TPSA) is 51.7 Å². The van der Waals surface area contributed by atoms with Crippen LogP contribution in [0.4, 0.5) is 10.6 Å². The quantitative estimate of drug-likeness (QED) is 0.841. The van der Waals surface area contributed by atoms with E-state index in [1.54, 1.807) is 25.2 Å². The molecule has 0 saturated carbocycles. The molecule has 0 radical (unpaired) electrons. The Morgan fingerprint density at radius 3 is 2.46 bits per heavy atom. The predicted molar refractivity (Wildman–Crippen MR) is 95.1 cm³/mol. The summed E-state index contributed by atoms with van der Waals surface area (Å²) >= 11 is 0. The first-order valence-electron chi connectivity index (χ1n) is 7.80. The zero-order valence-electron chi connectivity index (χ0n) is 15.1. The summed E-state index contributed by atoms with van der Waals surface area (Å²) in [5.41, 5.74) is 2.37. The van der Waals surface area contributed by atoms with Gasteiger partial charge < -0.3 is 9.47 Å². The van der Waals surface area contributed by atoms with Crippen molar-refractivity contribution in [2.24, 2.45) is 0 Å². The van der Waals surface area contributed by atoms with Crippen molar-refractivity contribution >= 4 is 11.9 Å². The van der Waals surface area contributed by atoms with Gasteiger partial charge in [0.2, 0.25) is 5.88 Å². The first kappa shape index (κ1) is 17.8. The number of pyridine rings is 1. The van der Waals surface area contributed by atoms with Crippen LogP contribution >= 0.6 is 0 Å². The minimum Gasteiger partial charge on any atom is -0.481 e. The highest BCUT2D eigenvalue weighted by Gasteiger charge is 2.19. The van der Waals surface area contributed by atoms with Crippen LogP contribution in [0.25, 0.3) is 0 Å². The number of aryl methyl sites for hydroxylation is 1. The number of hydrogen-bond donors (Lipinski definition) is 0. The summed E-state index contributed by atoms with van der Waals surface area (Å²) in [6.07, 6.45) is -0.501. The van der Waals surface area contributed by atoms with Crippen LogP contribution in [0, 0.1) is 6.92 Å². The number of aromatic nitrogens is 1. The molecule has 0 atom stereocenters. The molecule has 0 aliphatic heterocycles. The molecule has 5 heteroatoms. The highest BCUT2D eigenvalue weighted by atomic mass is 16.6. The molecule has 1 aromatic carbocycles. The highest BCUT2D eigenvalue weighted by Crippen LogP contribution is 2.28. The van der Waals surface area contributed by atoms with E-state index < -0.39 is 6.09 Å². The third-order valence-corrected chi connectivity index (χ3v) is 3.75. The van der Waals surface area contributed by atoms with Gasteiger partial charge in [0.15, 0.2) is 0 Å². The number of anilines is 1. The number of methoxy groups -OCH3 is 1. The lowest BCUT2D eigenvalue weighted by Crippen LogP contribution is -2.30. The zero-order chi connectivity index (χ0) is 17.9. The fraction of sp³-hybridized carbons (Fsp3) is 0.368. The predicted octanol–water partition coefficient (Wildman–Crippen LogP) is 4.33. The van der Waals surface area contributed by atoms with Gasteiger partial charge >= 0.3 is 6.09 Å². The molecule has 24 heavy (non-hydrogen) atoms. The molecule has 1 amide bonds. The normalized spacial score (nSPS) is 11.1. The number of carbonyl (C=O) groups is 1. The second kappa shape index (κ2) is 6.91. The van der Waals surface area contributed by atoms with E-state index in [2.05, 4.69) is 25.8 Å². The standard InChI is InChI=1S/C19H24N2O3/c1-13-12-14(10-11-15(13)19(2,3)4)24-18(22)21(5)16-8-7-9-17(20-16)23-6/h7-12H,1-6H3. The average Bonchev–Trinajstić information content (AvgIpc) is 2.53. The Kier molecular flexibility index (Phi) is 5.12. The molecular weight excluding hydrogens is 304 g/mol. The van der Waals surface area contributed by atoms with Crippen molar-refractivity contribution < 1.29 is 14.3 Å². The minimum absolute atomic E-state index is 0.0495. The number of amides is 1. The van der Waals surface area contributed by atoms with Gasteiger partial charge in [-0.3, -0.25) is 4.90 Å². The van der Waals surface area contributed by atoms with Crippen LogP contribution < -0.4 is 14.4 Å². The number of nitrogens with zero attached hydrogens (tertiary/aromatic N) is 2. The summed E-state index contributed by atoms with van der Waals surface area (Å²) < 4.78 is 10.5. The molecule has 1 heterocycles. The molecule has 0 spiro atoms. The van der Waals surface area contributed by atoms with Gasteiger partial charge in [0.25, 0.3) is 0 Å². The van der Waals surface area contributed by atoms with E-state index in [4.69, 9.17) is 9.47 Å². The van der Waals surface area contributed by atoms with Gasteiger partial charge in [0.05, 0.1) is 7.11 Å². The number of ether oxygens (including phenoxy) is 2. The SMILES string of the molecule is COc1cccc(N(C)C(=O)Oc2ccc(C(C)(C)C)c(C)c2)n1. The monoisotopic (exact) mass is 328 g/mol. The van der Waals surface area contributed by atoms with Gasteiger partial charge in [0.1, 0.15) is 11.6 Å². The summed E-state index contributed by atoms with van der Waals surface area (Å²) in [7, 11) is 3.14. The van der Waals surface area contributed by atoms with Crippen molar-refractivity contribution in [2.75, 3.05) is 19.1 Å². The molecule has 128 valence electrons. The molecule has 2 rings (SSSR count). The number of carbonyl (C=O) groups excluding carboxylic acids is 1. The Morgan fingerprint density at radius 2 is 1.88 bits per heavy atom. The number of hydrogen-bond acceptors (Lipinski definition) is 4. The van der Waals surface area contributed by atoms with Crippen molar-refractivity contribution in [1.29, 1.82) is 0 Å². The van der Waals surface area contributed by atoms with Crippen molar-refractivity contribution in [2.45, 2.75) is 33.1 Å². The maximum Gasteiger partial charge on any atom is 0.420 e. The van der Waals surface area contributed by atoms with E-state index >= 15 is 0 Å². The lowest BCUT2D eigenvalue weighted by molar-refractivity contribution is 0.209. The lowest BCUT2D eigenvalue weighted by atomic mass is 9.84. The molecule has 0 fully saturated rings. The molecule has 0 bridgehead atoms. The van der Waals surface area contributed by atoms with Crippen LogP contribution in [-0.2, 0) is 5.41 Å². The smallest absolute Gasteiger partial charge is 0.420 e. The van der Waals surface area contributed by atoms with E-state index in [-0.39, 0.29) is 5.41 Å². The number of benzene rings is 1. The van der Waals surface area contributed by atoms with Gasteiger partial charge in [-0.25, -0.2) is 4.79 Å². The van der Waals surface area contributed by atoms with Crippen LogP contribution in [0.5, 0.6) is 11.6 Å². The van der Waals surface area contributed by atoms with E-state index in [0.717, 1.165) is 5.56 Å². The molecule has 5 nitrogen and oxygen atoms in total. The van der Waals surface area contributed by atoms with Gasteiger partial charge in [-0.15, -0.1) is 0 Å². The first-order valence-corrected chi connectivity index (χ1v) is 7.80. The Labute approximate surface area is 143 Å². The fourth-order valence-corrected chi connectivity index (χ4v) is 2.51. The van der Waals surface area contributed by atoms with Crippen LogP contribution in [0.15, 0.2) is 36.4 Å². The van der Waals surface area contributed by atoms with Gasteiger partial charge in [0, 0.05) is 13.1 Å². The Bertz CT molecular complexity index is 736.